The van der Waals surface area contributed by atoms with Crippen molar-refractivity contribution in [3.63, 3.8) is 0 Å². The maximum atomic E-state index is 13.0. The van der Waals surface area contributed by atoms with Crippen LogP contribution in [0, 0.1) is 11.2 Å². The lowest BCUT2D eigenvalue weighted by atomic mass is 9.72. The predicted molar refractivity (Wildman–Crippen MR) is 85.4 cm³/mol. The van der Waals surface area contributed by atoms with E-state index >= 15 is 0 Å². The number of allylic oxidation sites excluding steroid dienone is 3. The summed E-state index contributed by atoms with van der Waals surface area (Å²) in [6.45, 7) is 8.42. The Labute approximate surface area is 127 Å². The van der Waals surface area contributed by atoms with E-state index in [2.05, 4.69) is 26.8 Å². The Hall–Kier alpha value is -1.41. The molecular weight excluding hydrogens is 263 g/mol. The lowest BCUT2D eigenvalue weighted by Crippen LogP contribution is -2.21. The van der Waals surface area contributed by atoms with Gasteiger partial charge in [0, 0.05) is 0 Å². The fourth-order valence-corrected chi connectivity index (χ4v) is 3.14. The summed E-state index contributed by atoms with van der Waals surface area (Å²) >= 11 is 0. The van der Waals surface area contributed by atoms with Gasteiger partial charge in [-0.1, -0.05) is 37.6 Å². The molecule has 1 atom stereocenters. The topological polar surface area (TPSA) is 20.2 Å². The fourth-order valence-electron chi connectivity index (χ4n) is 3.14. The van der Waals surface area contributed by atoms with Crippen LogP contribution in [0.1, 0.15) is 52.5 Å². The molecule has 0 aromatic heterocycles. The van der Waals surface area contributed by atoms with Gasteiger partial charge in [-0.2, -0.15) is 0 Å². The van der Waals surface area contributed by atoms with Crippen molar-refractivity contribution in [2.75, 3.05) is 0 Å². The SMILES string of the molecule is CC1=C(C=CC(C)(O)c2ccc(F)cc2)C(C)(C)CCC1. The van der Waals surface area contributed by atoms with Crippen LogP contribution >= 0.6 is 0 Å². The van der Waals surface area contributed by atoms with Gasteiger partial charge < -0.3 is 5.11 Å². The molecule has 114 valence electrons. The van der Waals surface area contributed by atoms with E-state index in [1.54, 1.807) is 19.1 Å². The minimum atomic E-state index is -1.09. The largest absolute Gasteiger partial charge is 0.381 e. The third-order valence-electron chi connectivity index (χ3n) is 4.55. The number of rotatable bonds is 3. The molecule has 1 nitrogen and oxygen atoms in total. The van der Waals surface area contributed by atoms with E-state index in [9.17, 15) is 9.50 Å². The molecule has 0 saturated heterocycles. The Bertz CT molecular complexity index is 562. The molecule has 2 heteroatoms. The van der Waals surface area contributed by atoms with Crippen molar-refractivity contribution >= 4 is 0 Å². The molecule has 1 aliphatic rings. The standard InChI is InChI=1S/C19H25FO/c1-14-6-5-12-18(2,3)17(14)11-13-19(4,21)15-7-9-16(20)10-8-15/h7-11,13,21H,5-6,12H2,1-4H3. The smallest absolute Gasteiger partial charge is 0.123 e. The summed E-state index contributed by atoms with van der Waals surface area (Å²) in [5, 5.41) is 10.6. The number of hydrogen-bond donors (Lipinski definition) is 1. The van der Waals surface area contributed by atoms with Gasteiger partial charge in [-0.3, -0.25) is 0 Å². The zero-order chi connectivity index (χ0) is 15.7. The van der Waals surface area contributed by atoms with Crippen molar-refractivity contribution < 1.29 is 9.50 Å². The van der Waals surface area contributed by atoms with Gasteiger partial charge in [-0.05, 0) is 67.9 Å². The summed E-state index contributed by atoms with van der Waals surface area (Å²) in [5.41, 5.74) is 2.48. The van der Waals surface area contributed by atoms with E-state index in [1.807, 2.05) is 6.08 Å². The summed E-state index contributed by atoms with van der Waals surface area (Å²) in [5.74, 6) is -0.287. The van der Waals surface area contributed by atoms with Gasteiger partial charge in [0.1, 0.15) is 11.4 Å². The van der Waals surface area contributed by atoms with Gasteiger partial charge in [0.05, 0.1) is 0 Å². The van der Waals surface area contributed by atoms with E-state index in [-0.39, 0.29) is 11.2 Å². The Morgan fingerprint density at radius 1 is 1.24 bits per heavy atom. The van der Waals surface area contributed by atoms with Gasteiger partial charge in [0.15, 0.2) is 0 Å². The molecule has 0 aliphatic heterocycles. The number of benzene rings is 1. The van der Waals surface area contributed by atoms with Crippen LogP contribution in [0.15, 0.2) is 47.6 Å². The Morgan fingerprint density at radius 3 is 2.43 bits per heavy atom. The molecule has 0 saturated carbocycles. The molecule has 0 heterocycles. The molecule has 1 aromatic rings. The van der Waals surface area contributed by atoms with Gasteiger partial charge in [-0.25, -0.2) is 4.39 Å². The third kappa shape index (κ3) is 3.62. The maximum absolute atomic E-state index is 13.0. The van der Waals surface area contributed by atoms with E-state index in [1.165, 1.54) is 36.1 Å². The lowest BCUT2D eigenvalue weighted by molar-refractivity contribution is 0.111. The third-order valence-corrected chi connectivity index (χ3v) is 4.55. The van der Waals surface area contributed by atoms with Gasteiger partial charge in [0.25, 0.3) is 0 Å². The normalized spacial score (nSPS) is 21.6. The van der Waals surface area contributed by atoms with Crippen molar-refractivity contribution in [2.24, 2.45) is 5.41 Å². The van der Waals surface area contributed by atoms with Crippen molar-refractivity contribution in [3.05, 3.63) is 58.9 Å². The molecular formula is C19H25FO. The van der Waals surface area contributed by atoms with Crippen LogP contribution in [0.5, 0.6) is 0 Å². The summed E-state index contributed by atoms with van der Waals surface area (Å²) in [7, 11) is 0. The van der Waals surface area contributed by atoms with Crippen LogP contribution in [0.3, 0.4) is 0 Å². The Morgan fingerprint density at radius 2 is 1.86 bits per heavy atom. The minimum absolute atomic E-state index is 0.151. The summed E-state index contributed by atoms with van der Waals surface area (Å²) in [6.07, 6.45) is 7.40. The molecule has 1 aromatic carbocycles. The number of aliphatic hydroxyl groups is 1. The first-order valence-electron chi connectivity index (χ1n) is 7.60. The second-order valence-electron chi connectivity index (χ2n) is 6.92. The zero-order valence-corrected chi connectivity index (χ0v) is 13.4. The molecule has 0 fully saturated rings. The first-order valence-corrected chi connectivity index (χ1v) is 7.60. The van der Waals surface area contributed by atoms with Crippen molar-refractivity contribution in [1.82, 2.24) is 0 Å². The van der Waals surface area contributed by atoms with Gasteiger partial charge in [0.2, 0.25) is 0 Å². The van der Waals surface area contributed by atoms with Crippen LogP contribution in [0.25, 0.3) is 0 Å². The van der Waals surface area contributed by atoms with Crippen LogP contribution in [0.2, 0.25) is 0 Å². The predicted octanol–water partition coefficient (Wildman–Crippen LogP) is 5.12. The highest BCUT2D eigenvalue weighted by molar-refractivity contribution is 5.36. The van der Waals surface area contributed by atoms with Crippen LogP contribution in [0.4, 0.5) is 4.39 Å². The molecule has 21 heavy (non-hydrogen) atoms. The lowest BCUT2D eigenvalue weighted by Gasteiger charge is -2.33. The molecule has 0 radical (unpaired) electrons. The van der Waals surface area contributed by atoms with Crippen molar-refractivity contribution in [3.8, 4) is 0 Å². The number of hydrogen-bond acceptors (Lipinski definition) is 1. The molecule has 0 spiro atoms. The van der Waals surface area contributed by atoms with Crippen LogP contribution in [-0.2, 0) is 5.60 Å². The molecule has 0 bridgehead atoms. The Kier molecular flexibility index (Phi) is 4.38. The summed E-state index contributed by atoms with van der Waals surface area (Å²) in [4.78, 5) is 0. The maximum Gasteiger partial charge on any atom is 0.123 e. The van der Waals surface area contributed by atoms with Crippen molar-refractivity contribution in [2.45, 2.75) is 52.6 Å². The average molecular weight is 288 g/mol. The highest BCUT2D eigenvalue weighted by Gasteiger charge is 2.28. The fraction of sp³-hybridized carbons (Fsp3) is 0.474. The van der Waals surface area contributed by atoms with E-state index in [0.717, 1.165) is 6.42 Å². The first-order chi connectivity index (χ1) is 9.72. The molecule has 2 rings (SSSR count). The highest BCUT2D eigenvalue weighted by atomic mass is 19.1. The van der Waals surface area contributed by atoms with E-state index in [4.69, 9.17) is 0 Å². The molecule has 1 N–H and O–H groups in total. The summed E-state index contributed by atoms with van der Waals surface area (Å²) < 4.78 is 13.0. The van der Waals surface area contributed by atoms with E-state index < -0.39 is 5.60 Å². The molecule has 1 aliphatic carbocycles. The quantitative estimate of drug-likeness (QED) is 0.819. The minimum Gasteiger partial charge on any atom is -0.381 e. The first kappa shape index (κ1) is 16.0. The monoisotopic (exact) mass is 288 g/mol. The number of halogens is 1. The average Bonchev–Trinajstić information content (AvgIpc) is 2.37. The van der Waals surface area contributed by atoms with Gasteiger partial charge >= 0.3 is 0 Å². The highest BCUT2D eigenvalue weighted by Crippen LogP contribution is 2.41. The van der Waals surface area contributed by atoms with Gasteiger partial charge in [-0.15, -0.1) is 0 Å². The van der Waals surface area contributed by atoms with Crippen LogP contribution < -0.4 is 0 Å². The van der Waals surface area contributed by atoms with E-state index in [0.29, 0.717) is 5.56 Å². The van der Waals surface area contributed by atoms with Crippen molar-refractivity contribution in [1.29, 1.82) is 0 Å². The zero-order valence-electron chi connectivity index (χ0n) is 13.4. The second kappa shape index (κ2) is 5.76. The Balaban J connectivity index is 2.28. The molecule has 0 amide bonds. The summed E-state index contributed by atoms with van der Waals surface area (Å²) in [6, 6.07) is 6.03. The van der Waals surface area contributed by atoms with Crippen LogP contribution in [-0.4, -0.2) is 5.11 Å². The second-order valence-corrected chi connectivity index (χ2v) is 6.92. The molecule has 1 unspecified atom stereocenters.